The number of rotatable bonds is 5. The molecule has 0 radical (unpaired) electrons. The van der Waals surface area contributed by atoms with Gasteiger partial charge in [0.05, 0.1) is 6.04 Å². The lowest BCUT2D eigenvalue weighted by Crippen LogP contribution is -2.57. The Bertz CT molecular complexity index is 778. The molecule has 2 fully saturated rings. The Hall–Kier alpha value is -2.61. The number of guanidine groups is 1. The van der Waals surface area contributed by atoms with Gasteiger partial charge in [0.2, 0.25) is 5.91 Å². The lowest BCUT2D eigenvalue weighted by Gasteiger charge is -2.39. The van der Waals surface area contributed by atoms with Crippen LogP contribution in [0.3, 0.4) is 0 Å². The molecule has 8 nitrogen and oxygen atoms in total. The molecule has 3 rings (SSSR count). The summed E-state index contributed by atoms with van der Waals surface area (Å²) in [4.78, 5) is 37.3. The molecule has 8 heteroatoms. The quantitative estimate of drug-likeness (QED) is 0.562. The van der Waals surface area contributed by atoms with Crippen molar-refractivity contribution in [2.75, 3.05) is 60.4 Å². The first-order valence-electron chi connectivity index (χ1n) is 11.2. The van der Waals surface area contributed by atoms with Crippen molar-refractivity contribution in [2.24, 2.45) is 4.99 Å². The van der Waals surface area contributed by atoms with Gasteiger partial charge in [0.15, 0.2) is 5.96 Å². The van der Waals surface area contributed by atoms with Gasteiger partial charge in [0.25, 0.3) is 5.91 Å². The monoisotopic (exact) mass is 428 g/mol. The molecule has 1 atom stereocenters. The highest BCUT2D eigenvalue weighted by atomic mass is 16.2. The normalized spacial score (nSPS) is 18.8. The number of benzene rings is 1. The third-order valence-corrected chi connectivity index (χ3v) is 6.21. The average molecular weight is 429 g/mol. The molecule has 0 bridgehead atoms. The van der Waals surface area contributed by atoms with Crippen LogP contribution in [0.15, 0.2) is 29.3 Å². The van der Waals surface area contributed by atoms with Crippen LogP contribution >= 0.6 is 0 Å². The fraction of sp³-hybridized carbons (Fsp3) is 0.609. The van der Waals surface area contributed by atoms with Crippen LogP contribution in [-0.2, 0) is 11.3 Å². The Morgan fingerprint density at radius 2 is 1.61 bits per heavy atom. The van der Waals surface area contributed by atoms with E-state index in [0.717, 1.165) is 63.6 Å². The van der Waals surface area contributed by atoms with Gasteiger partial charge in [0, 0.05) is 72.5 Å². The molecule has 2 heterocycles. The summed E-state index contributed by atoms with van der Waals surface area (Å²) in [5, 5.41) is 3.43. The summed E-state index contributed by atoms with van der Waals surface area (Å²) in [7, 11) is 5.31. The molecule has 0 aromatic heterocycles. The molecule has 1 N–H and O–H groups in total. The van der Waals surface area contributed by atoms with E-state index in [1.54, 1.807) is 26.0 Å². The number of nitrogens with one attached hydrogen (secondary N) is 1. The van der Waals surface area contributed by atoms with Gasteiger partial charge < -0.3 is 20.0 Å². The Labute approximate surface area is 185 Å². The van der Waals surface area contributed by atoms with Crippen LogP contribution in [0, 0.1) is 0 Å². The number of carbonyl (C=O) groups is 2. The van der Waals surface area contributed by atoms with Crippen LogP contribution < -0.4 is 5.32 Å². The van der Waals surface area contributed by atoms with E-state index in [-0.39, 0.29) is 17.9 Å². The average Bonchev–Trinajstić information content (AvgIpc) is 3.34. The van der Waals surface area contributed by atoms with Crippen LogP contribution in [0.25, 0.3) is 0 Å². The molecule has 1 aromatic rings. The van der Waals surface area contributed by atoms with E-state index in [4.69, 9.17) is 0 Å². The molecule has 2 saturated heterocycles. The van der Waals surface area contributed by atoms with Crippen molar-refractivity contribution in [3.05, 3.63) is 35.4 Å². The zero-order valence-corrected chi connectivity index (χ0v) is 19.3. The Morgan fingerprint density at radius 3 is 2.16 bits per heavy atom. The van der Waals surface area contributed by atoms with E-state index in [9.17, 15) is 9.59 Å². The molecular weight excluding hydrogens is 392 g/mol. The van der Waals surface area contributed by atoms with Crippen LogP contribution in [0.4, 0.5) is 0 Å². The molecule has 0 aliphatic carbocycles. The molecule has 170 valence electrons. The van der Waals surface area contributed by atoms with Gasteiger partial charge in [-0.25, -0.2) is 0 Å². The summed E-state index contributed by atoms with van der Waals surface area (Å²) >= 11 is 0. The maximum Gasteiger partial charge on any atom is 0.253 e. The summed E-state index contributed by atoms with van der Waals surface area (Å²) in [6.07, 6.45) is 2.26. The molecule has 2 aliphatic heterocycles. The second-order valence-electron chi connectivity index (χ2n) is 8.53. The minimum Gasteiger partial charge on any atom is -0.352 e. The van der Waals surface area contributed by atoms with Crippen molar-refractivity contribution in [2.45, 2.75) is 32.4 Å². The van der Waals surface area contributed by atoms with Crippen molar-refractivity contribution in [3.8, 4) is 0 Å². The molecule has 1 unspecified atom stereocenters. The number of likely N-dealkylation sites (tertiary alicyclic amines) is 1. The summed E-state index contributed by atoms with van der Waals surface area (Å²) in [6.45, 7) is 7.88. The number of aliphatic imine (C=N–C) groups is 1. The van der Waals surface area contributed by atoms with Gasteiger partial charge in [0.1, 0.15) is 0 Å². The van der Waals surface area contributed by atoms with Crippen LogP contribution in [0.1, 0.15) is 35.7 Å². The minimum absolute atomic E-state index is 0.00521. The summed E-state index contributed by atoms with van der Waals surface area (Å²) < 4.78 is 0. The zero-order chi connectivity index (χ0) is 22.4. The molecular formula is C23H36N6O2. The standard InChI is InChI=1S/C23H36N6O2/c1-18(21(30)28-11-5-6-12-28)27-13-15-29(16-14-27)23(24-2)25-17-19-7-9-20(10-8-19)22(31)26(3)4/h7-10,18H,5-6,11-17H2,1-4H3,(H,24,25). The molecule has 1 aromatic carbocycles. The number of hydrogen-bond donors (Lipinski definition) is 1. The maximum atomic E-state index is 12.7. The van der Waals surface area contributed by atoms with E-state index in [1.165, 1.54) is 0 Å². The molecule has 0 spiro atoms. The van der Waals surface area contributed by atoms with Gasteiger partial charge in [-0.05, 0) is 37.5 Å². The van der Waals surface area contributed by atoms with Gasteiger partial charge in [-0.2, -0.15) is 0 Å². The van der Waals surface area contributed by atoms with Crippen LogP contribution in [0.5, 0.6) is 0 Å². The van der Waals surface area contributed by atoms with Gasteiger partial charge in [-0.1, -0.05) is 12.1 Å². The Morgan fingerprint density at radius 1 is 1.00 bits per heavy atom. The third kappa shape index (κ3) is 5.76. The van der Waals surface area contributed by atoms with Crippen LogP contribution in [-0.4, -0.2) is 104 Å². The van der Waals surface area contributed by atoms with Gasteiger partial charge in [-0.3, -0.25) is 19.5 Å². The Balaban J connectivity index is 1.48. The summed E-state index contributed by atoms with van der Waals surface area (Å²) in [6, 6.07) is 7.61. The zero-order valence-electron chi connectivity index (χ0n) is 19.3. The van der Waals surface area contributed by atoms with E-state index < -0.39 is 0 Å². The number of amides is 2. The molecule has 0 saturated carbocycles. The lowest BCUT2D eigenvalue weighted by molar-refractivity contribution is -0.135. The first-order chi connectivity index (χ1) is 14.9. The van der Waals surface area contributed by atoms with E-state index in [2.05, 4.69) is 20.1 Å². The summed E-state index contributed by atoms with van der Waals surface area (Å²) in [5.74, 6) is 1.14. The third-order valence-electron chi connectivity index (χ3n) is 6.21. The van der Waals surface area contributed by atoms with Crippen molar-refractivity contribution in [3.63, 3.8) is 0 Å². The molecule has 31 heavy (non-hydrogen) atoms. The smallest absolute Gasteiger partial charge is 0.253 e. The van der Waals surface area contributed by atoms with E-state index in [1.807, 2.05) is 36.1 Å². The van der Waals surface area contributed by atoms with Gasteiger partial charge >= 0.3 is 0 Å². The number of piperazine rings is 1. The minimum atomic E-state index is -0.0568. The number of hydrogen-bond acceptors (Lipinski definition) is 4. The number of carbonyl (C=O) groups excluding carboxylic acids is 2. The van der Waals surface area contributed by atoms with Crippen molar-refractivity contribution < 1.29 is 9.59 Å². The lowest BCUT2D eigenvalue weighted by atomic mass is 10.1. The summed E-state index contributed by atoms with van der Waals surface area (Å²) in [5.41, 5.74) is 1.78. The SMILES string of the molecule is CN=C(NCc1ccc(C(=O)N(C)C)cc1)N1CCN(C(C)C(=O)N2CCCC2)CC1. The van der Waals surface area contributed by atoms with Gasteiger partial charge in [-0.15, -0.1) is 0 Å². The van der Waals surface area contributed by atoms with Crippen molar-refractivity contribution >= 4 is 17.8 Å². The van der Waals surface area contributed by atoms with Crippen molar-refractivity contribution in [1.29, 1.82) is 0 Å². The fourth-order valence-electron chi connectivity index (χ4n) is 4.22. The Kier molecular flexibility index (Phi) is 7.90. The van der Waals surface area contributed by atoms with E-state index >= 15 is 0 Å². The second-order valence-corrected chi connectivity index (χ2v) is 8.53. The predicted octanol–water partition coefficient (Wildman–Crippen LogP) is 1.09. The fourth-order valence-corrected chi connectivity index (χ4v) is 4.22. The maximum absolute atomic E-state index is 12.7. The largest absolute Gasteiger partial charge is 0.352 e. The topological polar surface area (TPSA) is 71.5 Å². The predicted molar refractivity (Wildman–Crippen MR) is 123 cm³/mol. The highest BCUT2D eigenvalue weighted by molar-refractivity contribution is 5.93. The molecule has 2 aliphatic rings. The highest BCUT2D eigenvalue weighted by Crippen LogP contribution is 2.14. The molecule has 2 amide bonds. The van der Waals surface area contributed by atoms with E-state index in [0.29, 0.717) is 12.1 Å². The highest BCUT2D eigenvalue weighted by Gasteiger charge is 2.30. The first-order valence-corrected chi connectivity index (χ1v) is 11.2. The second kappa shape index (κ2) is 10.6. The first kappa shape index (κ1) is 23.1. The number of nitrogens with zero attached hydrogens (tertiary/aromatic N) is 5. The van der Waals surface area contributed by atoms with Crippen molar-refractivity contribution in [1.82, 2.24) is 24.9 Å². The van der Waals surface area contributed by atoms with Crippen LogP contribution in [0.2, 0.25) is 0 Å².